The Hall–Kier alpha value is -1.22. The maximum absolute atomic E-state index is 5.76. The first-order chi connectivity index (χ1) is 7.81. The molecule has 1 aliphatic rings. The molecule has 0 aromatic heterocycles. The van der Waals surface area contributed by atoms with E-state index >= 15 is 0 Å². The van der Waals surface area contributed by atoms with E-state index in [-0.39, 0.29) is 0 Å². The fraction of sp³-hybridized carbons (Fsp3) is 0.538. The summed E-state index contributed by atoms with van der Waals surface area (Å²) in [5, 5.41) is 0. The average molecular weight is 221 g/mol. The molecule has 16 heavy (non-hydrogen) atoms. The fourth-order valence-electron chi connectivity index (χ4n) is 1.82. The SMILES string of the molecule is COc1cc(CN)cc(OCC2CCC2)c1. The smallest absolute Gasteiger partial charge is 0.123 e. The van der Waals surface area contributed by atoms with Gasteiger partial charge in [0.2, 0.25) is 0 Å². The molecule has 0 radical (unpaired) electrons. The number of benzene rings is 1. The number of hydrogen-bond donors (Lipinski definition) is 1. The van der Waals surface area contributed by atoms with Gasteiger partial charge in [-0.25, -0.2) is 0 Å². The molecule has 0 amide bonds. The van der Waals surface area contributed by atoms with E-state index in [0.717, 1.165) is 29.6 Å². The predicted molar refractivity (Wildman–Crippen MR) is 63.7 cm³/mol. The highest BCUT2D eigenvalue weighted by Gasteiger charge is 2.18. The van der Waals surface area contributed by atoms with Gasteiger partial charge in [0.1, 0.15) is 11.5 Å². The molecule has 1 aromatic carbocycles. The summed E-state index contributed by atoms with van der Waals surface area (Å²) in [6, 6.07) is 5.84. The summed E-state index contributed by atoms with van der Waals surface area (Å²) in [5.74, 6) is 2.42. The van der Waals surface area contributed by atoms with Gasteiger partial charge < -0.3 is 15.2 Å². The van der Waals surface area contributed by atoms with Gasteiger partial charge in [0.25, 0.3) is 0 Å². The van der Waals surface area contributed by atoms with Crippen molar-refractivity contribution in [3.8, 4) is 11.5 Å². The summed E-state index contributed by atoms with van der Waals surface area (Å²) in [6.07, 6.45) is 3.95. The summed E-state index contributed by atoms with van der Waals surface area (Å²) in [7, 11) is 1.66. The zero-order chi connectivity index (χ0) is 11.4. The van der Waals surface area contributed by atoms with Gasteiger partial charge in [0.15, 0.2) is 0 Å². The zero-order valence-electron chi connectivity index (χ0n) is 9.74. The molecular weight excluding hydrogens is 202 g/mol. The van der Waals surface area contributed by atoms with Gasteiger partial charge in [-0.2, -0.15) is 0 Å². The minimum absolute atomic E-state index is 0.511. The molecule has 0 heterocycles. The van der Waals surface area contributed by atoms with Gasteiger partial charge in [0, 0.05) is 12.6 Å². The summed E-state index contributed by atoms with van der Waals surface area (Å²) in [4.78, 5) is 0. The molecule has 1 fully saturated rings. The van der Waals surface area contributed by atoms with Crippen LogP contribution in [-0.4, -0.2) is 13.7 Å². The molecule has 0 aliphatic heterocycles. The van der Waals surface area contributed by atoms with E-state index in [1.54, 1.807) is 7.11 Å². The maximum atomic E-state index is 5.76. The lowest BCUT2D eigenvalue weighted by atomic mass is 9.86. The number of hydrogen-bond acceptors (Lipinski definition) is 3. The van der Waals surface area contributed by atoms with Crippen molar-refractivity contribution >= 4 is 0 Å². The van der Waals surface area contributed by atoms with Gasteiger partial charge in [-0.05, 0) is 36.5 Å². The van der Waals surface area contributed by atoms with Crippen molar-refractivity contribution in [1.29, 1.82) is 0 Å². The second kappa shape index (κ2) is 5.21. The number of ether oxygens (including phenoxy) is 2. The number of rotatable bonds is 5. The van der Waals surface area contributed by atoms with Crippen LogP contribution in [-0.2, 0) is 6.54 Å². The van der Waals surface area contributed by atoms with Crippen LogP contribution in [0.1, 0.15) is 24.8 Å². The molecule has 2 rings (SSSR count). The minimum Gasteiger partial charge on any atom is -0.497 e. The number of nitrogens with two attached hydrogens (primary N) is 1. The van der Waals surface area contributed by atoms with Crippen LogP contribution in [0.2, 0.25) is 0 Å². The van der Waals surface area contributed by atoms with Crippen LogP contribution in [0.15, 0.2) is 18.2 Å². The van der Waals surface area contributed by atoms with Crippen LogP contribution in [0.25, 0.3) is 0 Å². The Bertz CT molecular complexity index is 326. The fourth-order valence-corrected chi connectivity index (χ4v) is 1.82. The summed E-state index contributed by atoms with van der Waals surface area (Å²) in [6.45, 7) is 1.33. The Balaban J connectivity index is 2.00. The maximum Gasteiger partial charge on any atom is 0.123 e. The van der Waals surface area contributed by atoms with E-state index in [1.807, 2.05) is 18.2 Å². The minimum atomic E-state index is 0.511. The van der Waals surface area contributed by atoms with Gasteiger partial charge >= 0.3 is 0 Å². The molecule has 3 heteroatoms. The molecule has 88 valence electrons. The van der Waals surface area contributed by atoms with Crippen molar-refractivity contribution in [1.82, 2.24) is 0 Å². The molecule has 0 atom stereocenters. The van der Waals surface area contributed by atoms with Crippen molar-refractivity contribution in [2.24, 2.45) is 11.7 Å². The van der Waals surface area contributed by atoms with Crippen LogP contribution in [0, 0.1) is 5.92 Å². The van der Waals surface area contributed by atoms with Gasteiger partial charge in [-0.3, -0.25) is 0 Å². The summed E-state index contributed by atoms with van der Waals surface area (Å²) in [5.41, 5.74) is 6.67. The molecule has 0 bridgehead atoms. The quantitative estimate of drug-likeness (QED) is 0.830. The van der Waals surface area contributed by atoms with Gasteiger partial charge in [-0.1, -0.05) is 6.42 Å². The van der Waals surface area contributed by atoms with Crippen LogP contribution < -0.4 is 15.2 Å². The first-order valence-electron chi connectivity index (χ1n) is 5.82. The van der Waals surface area contributed by atoms with Gasteiger partial charge in [-0.15, -0.1) is 0 Å². The van der Waals surface area contributed by atoms with E-state index in [2.05, 4.69) is 0 Å². The largest absolute Gasteiger partial charge is 0.497 e. The number of methoxy groups -OCH3 is 1. The van der Waals surface area contributed by atoms with E-state index in [9.17, 15) is 0 Å². The van der Waals surface area contributed by atoms with Crippen molar-refractivity contribution in [3.05, 3.63) is 23.8 Å². The lowest BCUT2D eigenvalue weighted by Crippen LogP contribution is -2.19. The Kier molecular flexibility index (Phi) is 3.67. The lowest BCUT2D eigenvalue weighted by molar-refractivity contribution is 0.180. The summed E-state index contributed by atoms with van der Waals surface area (Å²) < 4.78 is 11.0. The molecule has 1 aliphatic carbocycles. The predicted octanol–water partition coefficient (Wildman–Crippen LogP) is 2.33. The molecule has 2 N–H and O–H groups in total. The zero-order valence-corrected chi connectivity index (χ0v) is 9.74. The van der Waals surface area contributed by atoms with Crippen molar-refractivity contribution in [2.45, 2.75) is 25.8 Å². The second-order valence-electron chi connectivity index (χ2n) is 4.33. The molecule has 0 unspecified atom stereocenters. The van der Waals surface area contributed by atoms with Crippen LogP contribution in [0.4, 0.5) is 0 Å². The van der Waals surface area contributed by atoms with Crippen molar-refractivity contribution in [2.75, 3.05) is 13.7 Å². The Morgan fingerprint density at radius 2 is 2.00 bits per heavy atom. The topological polar surface area (TPSA) is 44.5 Å². The van der Waals surface area contributed by atoms with Crippen molar-refractivity contribution < 1.29 is 9.47 Å². The Morgan fingerprint density at radius 3 is 2.56 bits per heavy atom. The van der Waals surface area contributed by atoms with E-state index in [4.69, 9.17) is 15.2 Å². The highest BCUT2D eigenvalue weighted by Crippen LogP contribution is 2.28. The third kappa shape index (κ3) is 2.67. The van der Waals surface area contributed by atoms with Crippen LogP contribution in [0.5, 0.6) is 11.5 Å². The third-order valence-corrected chi connectivity index (χ3v) is 3.12. The molecule has 1 aromatic rings. The molecule has 0 saturated heterocycles. The highest BCUT2D eigenvalue weighted by atomic mass is 16.5. The van der Waals surface area contributed by atoms with E-state index in [1.165, 1.54) is 19.3 Å². The average Bonchev–Trinajstić information content (AvgIpc) is 2.26. The Morgan fingerprint density at radius 1 is 1.25 bits per heavy atom. The first-order valence-corrected chi connectivity index (χ1v) is 5.82. The summed E-state index contributed by atoms with van der Waals surface area (Å²) >= 11 is 0. The molecule has 0 spiro atoms. The normalized spacial score (nSPS) is 15.6. The van der Waals surface area contributed by atoms with Crippen LogP contribution >= 0.6 is 0 Å². The van der Waals surface area contributed by atoms with E-state index < -0.39 is 0 Å². The monoisotopic (exact) mass is 221 g/mol. The Labute approximate surface area is 96.5 Å². The van der Waals surface area contributed by atoms with Crippen LogP contribution in [0.3, 0.4) is 0 Å². The molecule has 3 nitrogen and oxygen atoms in total. The standard InChI is InChI=1S/C13H19NO2/c1-15-12-5-11(8-14)6-13(7-12)16-9-10-3-2-4-10/h5-7,10H,2-4,8-9,14H2,1H3. The van der Waals surface area contributed by atoms with E-state index in [0.29, 0.717) is 6.54 Å². The highest BCUT2D eigenvalue weighted by molar-refractivity contribution is 5.38. The lowest BCUT2D eigenvalue weighted by Gasteiger charge is -2.25. The third-order valence-electron chi connectivity index (χ3n) is 3.12. The van der Waals surface area contributed by atoms with Crippen molar-refractivity contribution in [3.63, 3.8) is 0 Å². The first kappa shape index (κ1) is 11.3. The van der Waals surface area contributed by atoms with Gasteiger partial charge in [0.05, 0.1) is 13.7 Å². The molecule has 1 saturated carbocycles. The molecular formula is C13H19NO2. The second-order valence-corrected chi connectivity index (χ2v) is 4.33.